The summed E-state index contributed by atoms with van der Waals surface area (Å²) < 4.78 is 16.2. The van der Waals surface area contributed by atoms with Crippen LogP contribution >= 0.6 is 0 Å². The first-order valence-corrected chi connectivity index (χ1v) is 9.15. The standard InChI is InChI=1S/C21H29N3O3/c1-22-21(23-13-6-14-26-16-15-25-2)24-17-18-9-11-20(12-10-18)27-19-7-4-3-5-8-19/h3-5,7-12H,6,13-17H2,1-2H3,(H2,22,23,24). The van der Waals surface area contributed by atoms with E-state index in [0.29, 0.717) is 26.4 Å². The second-order valence-corrected chi connectivity index (χ2v) is 5.87. The summed E-state index contributed by atoms with van der Waals surface area (Å²) in [5, 5.41) is 6.58. The van der Waals surface area contributed by atoms with Crippen LogP contribution in [-0.2, 0) is 16.0 Å². The molecule has 0 aliphatic carbocycles. The van der Waals surface area contributed by atoms with Crippen molar-refractivity contribution in [3.05, 3.63) is 60.2 Å². The topological polar surface area (TPSA) is 64.1 Å². The molecule has 0 saturated carbocycles. The lowest BCUT2D eigenvalue weighted by atomic mass is 10.2. The van der Waals surface area contributed by atoms with Crippen molar-refractivity contribution in [2.75, 3.05) is 40.5 Å². The predicted octanol–water partition coefficient (Wildman–Crippen LogP) is 3.20. The van der Waals surface area contributed by atoms with E-state index in [9.17, 15) is 0 Å². The Hall–Kier alpha value is -2.57. The number of ether oxygens (including phenoxy) is 3. The average Bonchev–Trinajstić information content (AvgIpc) is 2.71. The van der Waals surface area contributed by atoms with Gasteiger partial charge in [0.25, 0.3) is 0 Å². The van der Waals surface area contributed by atoms with Crippen molar-refractivity contribution in [2.45, 2.75) is 13.0 Å². The molecule has 146 valence electrons. The van der Waals surface area contributed by atoms with Gasteiger partial charge in [-0.05, 0) is 36.2 Å². The van der Waals surface area contributed by atoms with Crippen molar-refractivity contribution in [1.82, 2.24) is 10.6 Å². The number of nitrogens with one attached hydrogen (secondary N) is 2. The van der Waals surface area contributed by atoms with Crippen LogP contribution in [0.25, 0.3) is 0 Å². The van der Waals surface area contributed by atoms with Gasteiger partial charge in [-0.3, -0.25) is 4.99 Å². The first-order valence-electron chi connectivity index (χ1n) is 9.15. The van der Waals surface area contributed by atoms with Gasteiger partial charge in [0.15, 0.2) is 5.96 Å². The highest BCUT2D eigenvalue weighted by Gasteiger charge is 2.00. The molecule has 0 bridgehead atoms. The summed E-state index contributed by atoms with van der Waals surface area (Å²) in [7, 11) is 3.44. The van der Waals surface area contributed by atoms with Crippen LogP contribution in [0.3, 0.4) is 0 Å². The van der Waals surface area contributed by atoms with E-state index in [1.54, 1.807) is 14.2 Å². The summed E-state index contributed by atoms with van der Waals surface area (Å²) in [6.45, 7) is 3.46. The largest absolute Gasteiger partial charge is 0.457 e. The van der Waals surface area contributed by atoms with Crippen molar-refractivity contribution in [3.63, 3.8) is 0 Å². The molecule has 6 nitrogen and oxygen atoms in total. The molecule has 0 aliphatic rings. The van der Waals surface area contributed by atoms with Crippen LogP contribution in [-0.4, -0.2) is 46.5 Å². The number of aliphatic imine (C=N–C) groups is 1. The third-order valence-electron chi connectivity index (χ3n) is 3.78. The quantitative estimate of drug-likeness (QED) is 0.361. The van der Waals surface area contributed by atoms with Crippen molar-refractivity contribution in [1.29, 1.82) is 0 Å². The summed E-state index contributed by atoms with van der Waals surface area (Å²) in [6, 6.07) is 17.8. The Balaban J connectivity index is 1.67. The maximum absolute atomic E-state index is 5.80. The fourth-order valence-electron chi connectivity index (χ4n) is 2.33. The lowest BCUT2D eigenvalue weighted by Gasteiger charge is -2.12. The molecule has 0 aliphatic heterocycles. The van der Waals surface area contributed by atoms with Gasteiger partial charge >= 0.3 is 0 Å². The molecule has 0 heterocycles. The van der Waals surface area contributed by atoms with Gasteiger partial charge in [0.2, 0.25) is 0 Å². The lowest BCUT2D eigenvalue weighted by molar-refractivity contribution is 0.0698. The number of benzene rings is 2. The summed E-state index contributed by atoms with van der Waals surface area (Å²) in [5.74, 6) is 2.43. The van der Waals surface area contributed by atoms with Crippen LogP contribution in [0.15, 0.2) is 59.6 Å². The molecule has 2 N–H and O–H groups in total. The Morgan fingerprint density at radius 1 is 0.889 bits per heavy atom. The molecular formula is C21H29N3O3. The average molecular weight is 371 g/mol. The first kappa shape index (κ1) is 20.7. The number of rotatable bonds is 11. The van der Waals surface area contributed by atoms with Gasteiger partial charge in [-0.1, -0.05) is 30.3 Å². The SMILES string of the molecule is CN=C(NCCCOCCOC)NCc1ccc(Oc2ccccc2)cc1. The lowest BCUT2D eigenvalue weighted by Crippen LogP contribution is -2.37. The third-order valence-corrected chi connectivity index (χ3v) is 3.78. The normalized spacial score (nSPS) is 11.3. The molecule has 0 spiro atoms. The minimum absolute atomic E-state index is 0.631. The predicted molar refractivity (Wildman–Crippen MR) is 108 cm³/mol. The van der Waals surface area contributed by atoms with E-state index in [-0.39, 0.29) is 0 Å². The van der Waals surface area contributed by atoms with Crippen LogP contribution in [0.4, 0.5) is 0 Å². The number of methoxy groups -OCH3 is 1. The van der Waals surface area contributed by atoms with Gasteiger partial charge in [0.1, 0.15) is 11.5 Å². The second-order valence-electron chi connectivity index (χ2n) is 5.87. The van der Waals surface area contributed by atoms with Gasteiger partial charge in [0, 0.05) is 33.9 Å². The van der Waals surface area contributed by atoms with Crippen LogP contribution in [0, 0.1) is 0 Å². The smallest absolute Gasteiger partial charge is 0.191 e. The molecule has 2 aromatic carbocycles. The summed E-state index contributed by atoms with van der Waals surface area (Å²) >= 11 is 0. The molecule has 0 saturated heterocycles. The van der Waals surface area contributed by atoms with E-state index < -0.39 is 0 Å². The molecular weight excluding hydrogens is 342 g/mol. The highest BCUT2D eigenvalue weighted by atomic mass is 16.5. The van der Waals surface area contributed by atoms with E-state index >= 15 is 0 Å². The Kier molecular flexibility index (Phi) is 9.78. The molecule has 2 aromatic rings. The molecule has 0 aromatic heterocycles. The number of para-hydroxylation sites is 1. The molecule has 27 heavy (non-hydrogen) atoms. The van der Waals surface area contributed by atoms with Crippen molar-refractivity contribution < 1.29 is 14.2 Å². The van der Waals surface area contributed by atoms with Gasteiger partial charge < -0.3 is 24.8 Å². The molecule has 0 amide bonds. The second kappa shape index (κ2) is 12.7. The molecule has 0 radical (unpaired) electrons. The zero-order chi connectivity index (χ0) is 19.2. The highest BCUT2D eigenvalue weighted by molar-refractivity contribution is 5.79. The summed E-state index contributed by atoms with van der Waals surface area (Å²) in [4.78, 5) is 4.23. The van der Waals surface area contributed by atoms with Crippen LogP contribution in [0.1, 0.15) is 12.0 Å². The zero-order valence-corrected chi connectivity index (χ0v) is 16.1. The Morgan fingerprint density at radius 3 is 2.33 bits per heavy atom. The van der Waals surface area contributed by atoms with Gasteiger partial charge in [-0.2, -0.15) is 0 Å². The first-order chi connectivity index (χ1) is 13.3. The molecule has 2 rings (SSSR count). The monoisotopic (exact) mass is 371 g/mol. The van der Waals surface area contributed by atoms with Gasteiger partial charge in [-0.15, -0.1) is 0 Å². The molecule has 6 heteroatoms. The number of hydrogen-bond acceptors (Lipinski definition) is 4. The van der Waals surface area contributed by atoms with Crippen molar-refractivity contribution in [3.8, 4) is 11.5 Å². The maximum atomic E-state index is 5.80. The van der Waals surface area contributed by atoms with Gasteiger partial charge in [-0.25, -0.2) is 0 Å². The Bertz CT molecular complexity index is 660. The van der Waals surface area contributed by atoms with Crippen LogP contribution in [0.5, 0.6) is 11.5 Å². The highest BCUT2D eigenvalue weighted by Crippen LogP contribution is 2.20. The third kappa shape index (κ3) is 8.57. The zero-order valence-electron chi connectivity index (χ0n) is 16.1. The van der Waals surface area contributed by atoms with Crippen LogP contribution < -0.4 is 15.4 Å². The van der Waals surface area contributed by atoms with Gasteiger partial charge in [0.05, 0.1) is 13.2 Å². The number of hydrogen-bond donors (Lipinski definition) is 2. The molecule has 0 atom stereocenters. The molecule has 0 unspecified atom stereocenters. The number of guanidine groups is 1. The van der Waals surface area contributed by atoms with E-state index in [2.05, 4.69) is 15.6 Å². The summed E-state index contributed by atoms with van der Waals surface area (Å²) in [6.07, 6.45) is 0.913. The van der Waals surface area contributed by atoms with E-state index in [0.717, 1.165) is 36.0 Å². The minimum atomic E-state index is 0.631. The Morgan fingerprint density at radius 2 is 1.63 bits per heavy atom. The van der Waals surface area contributed by atoms with Crippen molar-refractivity contribution >= 4 is 5.96 Å². The van der Waals surface area contributed by atoms with E-state index in [4.69, 9.17) is 14.2 Å². The van der Waals surface area contributed by atoms with E-state index in [1.165, 1.54) is 0 Å². The minimum Gasteiger partial charge on any atom is -0.457 e. The Labute approximate surface area is 161 Å². The maximum Gasteiger partial charge on any atom is 0.191 e. The fourth-order valence-corrected chi connectivity index (χ4v) is 2.33. The fraction of sp³-hybridized carbons (Fsp3) is 0.381. The van der Waals surface area contributed by atoms with Crippen molar-refractivity contribution in [2.24, 2.45) is 4.99 Å². The summed E-state index contributed by atoms with van der Waals surface area (Å²) in [5.41, 5.74) is 1.15. The van der Waals surface area contributed by atoms with E-state index in [1.807, 2.05) is 54.6 Å². The number of nitrogens with zero attached hydrogens (tertiary/aromatic N) is 1. The van der Waals surface area contributed by atoms with Crippen LogP contribution in [0.2, 0.25) is 0 Å². The molecule has 0 fully saturated rings.